The first-order chi connectivity index (χ1) is 10.1. The van der Waals surface area contributed by atoms with Crippen LogP contribution in [0.25, 0.3) is 0 Å². The summed E-state index contributed by atoms with van der Waals surface area (Å²) in [6, 6.07) is 8.13. The molecule has 2 atom stereocenters. The van der Waals surface area contributed by atoms with Gasteiger partial charge in [0, 0.05) is 12.1 Å². The summed E-state index contributed by atoms with van der Waals surface area (Å²) >= 11 is 0. The summed E-state index contributed by atoms with van der Waals surface area (Å²) in [7, 11) is 1.72. The van der Waals surface area contributed by atoms with Gasteiger partial charge in [0.15, 0.2) is 0 Å². The summed E-state index contributed by atoms with van der Waals surface area (Å²) in [5, 5.41) is 3.72. The van der Waals surface area contributed by atoms with Gasteiger partial charge in [-0.1, -0.05) is 38.8 Å². The van der Waals surface area contributed by atoms with E-state index in [4.69, 9.17) is 10.5 Å². The van der Waals surface area contributed by atoms with Crippen molar-refractivity contribution in [1.82, 2.24) is 0 Å². The SMILES string of the molecule is COc1ccccc1NC1(CN)CCCC(CC(C)C)C1. The van der Waals surface area contributed by atoms with Crippen LogP contribution >= 0.6 is 0 Å². The Balaban J connectivity index is 2.13. The molecule has 0 heterocycles. The third-order valence-corrected chi connectivity index (χ3v) is 4.65. The quantitative estimate of drug-likeness (QED) is 0.831. The fraction of sp³-hybridized carbons (Fsp3) is 0.667. The Kier molecular flexibility index (Phi) is 5.51. The Morgan fingerprint density at radius 3 is 2.81 bits per heavy atom. The molecule has 2 rings (SSSR count). The van der Waals surface area contributed by atoms with Crippen LogP contribution in [-0.2, 0) is 0 Å². The number of hydrogen-bond donors (Lipinski definition) is 2. The van der Waals surface area contributed by atoms with Gasteiger partial charge in [-0.3, -0.25) is 0 Å². The molecule has 1 aromatic carbocycles. The molecule has 1 aromatic rings. The predicted molar refractivity (Wildman–Crippen MR) is 89.8 cm³/mol. The number of anilines is 1. The number of rotatable bonds is 6. The molecule has 1 aliphatic carbocycles. The number of nitrogens with two attached hydrogens (primary N) is 1. The second kappa shape index (κ2) is 7.17. The lowest BCUT2D eigenvalue weighted by Crippen LogP contribution is -2.49. The van der Waals surface area contributed by atoms with Crippen LogP contribution in [0.5, 0.6) is 5.75 Å². The second-order valence-electron chi connectivity index (χ2n) is 6.90. The van der Waals surface area contributed by atoms with Crippen LogP contribution in [-0.4, -0.2) is 19.2 Å². The van der Waals surface area contributed by atoms with Crippen molar-refractivity contribution in [2.75, 3.05) is 19.0 Å². The van der Waals surface area contributed by atoms with E-state index in [1.54, 1.807) is 7.11 Å². The topological polar surface area (TPSA) is 47.3 Å². The van der Waals surface area contributed by atoms with E-state index in [0.717, 1.165) is 29.7 Å². The third-order valence-electron chi connectivity index (χ3n) is 4.65. The van der Waals surface area contributed by atoms with Gasteiger partial charge in [-0.05, 0) is 43.2 Å². The minimum atomic E-state index is 0.0203. The molecule has 1 saturated carbocycles. The van der Waals surface area contributed by atoms with E-state index in [-0.39, 0.29) is 5.54 Å². The second-order valence-corrected chi connectivity index (χ2v) is 6.90. The lowest BCUT2D eigenvalue weighted by molar-refractivity contribution is 0.222. The van der Waals surface area contributed by atoms with Crippen molar-refractivity contribution in [1.29, 1.82) is 0 Å². The number of benzene rings is 1. The van der Waals surface area contributed by atoms with E-state index in [1.807, 2.05) is 18.2 Å². The van der Waals surface area contributed by atoms with E-state index >= 15 is 0 Å². The van der Waals surface area contributed by atoms with Gasteiger partial charge in [-0.15, -0.1) is 0 Å². The van der Waals surface area contributed by atoms with Gasteiger partial charge < -0.3 is 15.8 Å². The molecule has 2 unspecified atom stereocenters. The summed E-state index contributed by atoms with van der Waals surface area (Å²) in [5.41, 5.74) is 7.25. The highest BCUT2D eigenvalue weighted by molar-refractivity contribution is 5.57. The minimum Gasteiger partial charge on any atom is -0.495 e. The minimum absolute atomic E-state index is 0.0203. The van der Waals surface area contributed by atoms with Gasteiger partial charge in [-0.25, -0.2) is 0 Å². The molecule has 21 heavy (non-hydrogen) atoms. The molecular formula is C18H30N2O. The first-order valence-corrected chi connectivity index (χ1v) is 8.20. The number of hydrogen-bond acceptors (Lipinski definition) is 3. The van der Waals surface area contributed by atoms with Crippen molar-refractivity contribution in [3.8, 4) is 5.75 Å². The summed E-state index contributed by atoms with van der Waals surface area (Å²) < 4.78 is 5.46. The number of para-hydroxylation sites is 2. The predicted octanol–water partition coefficient (Wildman–Crippen LogP) is 4.04. The molecule has 0 amide bonds. The molecule has 0 saturated heterocycles. The lowest BCUT2D eigenvalue weighted by Gasteiger charge is -2.42. The molecule has 0 radical (unpaired) electrons. The van der Waals surface area contributed by atoms with Crippen LogP contribution in [0.2, 0.25) is 0 Å². The summed E-state index contributed by atoms with van der Waals surface area (Å²) in [6.45, 7) is 5.30. The van der Waals surface area contributed by atoms with E-state index in [0.29, 0.717) is 6.54 Å². The zero-order chi connectivity index (χ0) is 15.3. The zero-order valence-corrected chi connectivity index (χ0v) is 13.7. The van der Waals surface area contributed by atoms with Crippen molar-refractivity contribution in [3.63, 3.8) is 0 Å². The van der Waals surface area contributed by atoms with Gasteiger partial charge >= 0.3 is 0 Å². The van der Waals surface area contributed by atoms with Gasteiger partial charge in [0.25, 0.3) is 0 Å². The number of ether oxygens (including phenoxy) is 1. The Morgan fingerprint density at radius 2 is 2.14 bits per heavy atom. The van der Waals surface area contributed by atoms with Gasteiger partial charge in [0.1, 0.15) is 5.75 Å². The van der Waals surface area contributed by atoms with Crippen LogP contribution in [0.1, 0.15) is 46.0 Å². The first-order valence-electron chi connectivity index (χ1n) is 8.20. The highest BCUT2D eigenvalue weighted by atomic mass is 16.5. The molecule has 0 aliphatic heterocycles. The zero-order valence-electron chi connectivity index (χ0n) is 13.7. The van der Waals surface area contributed by atoms with Crippen molar-refractivity contribution in [2.24, 2.45) is 17.6 Å². The van der Waals surface area contributed by atoms with Gasteiger partial charge in [-0.2, -0.15) is 0 Å². The molecule has 3 heteroatoms. The van der Waals surface area contributed by atoms with Crippen molar-refractivity contribution >= 4 is 5.69 Å². The maximum absolute atomic E-state index is 6.17. The van der Waals surface area contributed by atoms with Crippen LogP contribution in [0.15, 0.2) is 24.3 Å². The number of nitrogens with one attached hydrogen (secondary N) is 1. The Morgan fingerprint density at radius 1 is 1.38 bits per heavy atom. The Hall–Kier alpha value is -1.22. The number of methoxy groups -OCH3 is 1. The van der Waals surface area contributed by atoms with E-state index in [9.17, 15) is 0 Å². The molecular weight excluding hydrogens is 260 g/mol. The molecule has 1 fully saturated rings. The van der Waals surface area contributed by atoms with Crippen LogP contribution in [0.3, 0.4) is 0 Å². The molecule has 0 spiro atoms. The summed E-state index contributed by atoms with van der Waals surface area (Å²) in [5.74, 6) is 2.44. The Bertz CT molecular complexity index is 447. The lowest BCUT2D eigenvalue weighted by atomic mass is 9.73. The molecule has 3 N–H and O–H groups in total. The van der Waals surface area contributed by atoms with Crippen LogP contribution in [0, 0.1) is 11.8 Å². The molecule has 3 nitrogen and oxygen atoms in total. The van der Waals surface area contributed by atoms with E-state index in [2.05, 4.69) is 25.2 Å². The van der Waals surface area contributed by atoms with Gasteiger partial charge in [0.05, 0.1) is 12.8 Å². The standard InChI is InChI=1S/C18H30N2O/c1-14(2)11-15-7-6-10-18(12-15,13-19)20-16-8-4-5-9-17(16)21-3/h4-5,8-9,14-15,20H,6-7,10-13,19H2,1-3H3. The average Bonchev–Trinajstić information content (AvgIpc) is 2.47. The normalized spacial score (nSPS) is 25.9. The highest BCUT2D eigenvalue weighted by Crippen LogP contribution is 2.39. The van der Waals surface area contributed by atoms with Crippen LogP contribution < -0.4 is 15.8 Å². The fourth-order valence-corrected chi connectivity index (χ4v) is 3.74. The van der Waals surface area contributed by atoms with E-state index < -0.39 is 0 Å². The molecule has 0 bridgehead atoms. The van der Waals surface area contributed by atoms with Crippen LogP contribution in [0.4, 0.5) is 5.69 Å². The molecule has 0 aromatic heterocycles. The third kappa shape index (κ3) is 4.13. The first kappa shape index (κ1) is 16.2. The highest BCUT2D eigenvalue weighted by Gasteiger charge is 2.35. The van der Waals surface area contributed by atoms with Crippen molar-refractivity contribution in [2.45, 2.75) is 51.5 Å². The maximum atomic E-state index is 6.17. The fourth-order valence-electron chi connectivity index (χ4n) is 3.74. The molecule has 118 valence electrons. The molecule has 1 aliphatic rings. The van der Waals surface area contributed by atoms with Gasteiger partial charge in [0.2, 0.25) is 0 Å². The average molecular weight is 290 g/mol. The van der Waals surface area contributed by atoms with E-state index in [1.165, 1.54) is 25.7 Å². The van der Waals surface area contributed by atoms with Crippen molar-refractivity contribution < 1.29 is 4.74 Å². The largest absolute Gasteiger partial charge is 0.495 e. The van der Waals surface area contributed by atoms with Crippen molar-refractivity contribution in [3.05, 3.63) is 24.3 Å². The maximum Gasteiger partial charge on any atom is 0.141 e. The monoisotopic (exact) mass is 290 g/mol. The summed E-state index contributed by atoms with van der Waals surface area (Å²) in [6.07, 6.45) is 6.22. The smallest absolute Gasteiger partial charge is 0.141 e. The summed E-state index contributed by atoms with van der Waals surface area (Å²) in [4.78, 5) is 0. The Labute approximate surface area is 129 Å².